The Balaban J connectivity index is 1.92. The van der Waals surface area contributed by atoms with Gasteiger partial charge in [0.2, 0.25) is 15.9 Å². The predicted molar refractivity (Wildman–Crippen MR) is 114 cm³/mol. The van der Waals surface area contributed by atoms with Crippen molar-refractivity contribution in [2.24, 2.45) is 0 Å². The van der Waals surface area contributed by atoms with E-state index in [1.54, 1.807) is 32.0 Å². The average molecular weight is 437 g/mol. The van der Waals surface area contributed by atoms with Crippen LogP contribution in [0.3, 0.4) is 0 Å². The number of benzene rings is 2. The van der Waals surface area contributed by atoms with Crippen molar-refractivity contribution in [3.63, 3.8) is 0 Å². The summed E-state index contributed by atoms with van der Waals surface area (Å²) in [4.78, 5) is 13.3. The lowest BCUT2D eigenvalue weighted by Crippen LogP contribution is -2.43. The van der Waals surface area contributed by atoms with E-state index in [1.165, 1.54) is 11.4 Å². The highest BCUT2D eigenvalue weighted by molar-refractivity contribution is 7.89. The van der Waals surface area contributed by atoms with Gasteiger partial charge in [0, 0.05) is 11.6 Å². The average Bonchev–Trinajstić information content (AvgIpc) is 3.11. The minimum absolute atomic E-state index is 0.281. The van der Waals surface area contributed by atoms with Crippen molar-refractivity contribution in [3.05, 3.63) is 52.0 Å². The van der Waals surface area contributed by atoms with Crippen LogP contribution in [0.15, 0.2) is 35.2 Å². The number of aryl methyl sites for hydroxylation is 3. The molecular weight excluding hydrogens is 412 g/mol. The van der Waals surface area contributed by atoms with E-state index in [-0.39, 0.29) is 4.90 Å². The first-order valence-electron chi connectivity index (χ1n) is 9.39. The van der Waals surface area contributed by atoms with Crippen molar-refractivity contribution < 1.29 is 17.9 Å². The first-order chi connectivity index (χ1) is 13.6. The molecule has 156 valence electrons. The van der Waals surface area contributed by atoms with Crippen LogP contribution in [0.1, 0.15) is 29.5 Å². The summed E-state index contributed by atoms with van der Waals surface area (Å²) < 4.78 is 33.4. The van der Waals surface area contributed by atoms with E-state index < -0.39 is 22.0 Å². The molecule has 6 nitrogen and oxygen atoms in total. The number of methoxy groups -OCH3 is 1. The quantitative estimate of drug-likeness (QED) is 0.766. The molecule has 0 aromatic heterocycles. The van der Waals surface area contributed by atoms with Crippen LogP contribution < -0.4 is 10.1 Å². The van der Waals surface area contributed by atoms with E-state index in [2.05, 4.69) is 5.32 Å². The molecule has 2 aromatic carbocycles. The number of rotatable bonds is 5. The van der Waals surface area contributed by atoms with E-state index in [1.807, 2.05) is 19.1 Å². The second-order valence-corrected chi connectivity index (χ2v) is 9.60. The zero-order valence-corrected chi connectivity index (χ0v) is 18.5. The smallest absolute Gasteiger partial charge is 0.244 e. The first-order valence-corrected chi connectivity index (χ1v) is 11.2. The summed E-state index contributed by atoms with van der Waals surface area (Å²) in [5.74, 6) is 0.0643. The molecule has 0 spiro atoms. The van der Waals surface area contributed by atoms with Crippen LogP contribution in [0.5, 0.6) is 5.75 Å². The molecule has 1 N–H and O–H groups in total. The number of nitrogens with one attached hydrogen (secondary N) is 1. The molecule has 1 amide bonds. The van der Waals surface area contributed by atoms with E-state index in [9.17, 15) is 13.2 Å². The molecule has 1 fully saturated rings. The molecule has 0 bridgehead atoms. The van der Waals surface area contributed by atoms with Gasteiger partial charge in [-0.1, -0.05) is 29.3 Å². The molecule has 8 heteroatoms. The summed E-state index contributed by atoms with van der Waals surface area (Å²) in [6.45, 7) is 5.81. The Hall–Kier alpha value is -2.09. The summed E-state index contributed by atoms with van der Waals surface area (Å²) in [6.07, 6.45) is 1.08. The minimum Gasteiger partial charge on any atom is -0.495 e. The fraction of sp³-hybridized carbons (Fsp3) is 0.381. The third-order valence-electron chi connectivity index (χ3n) is 5.10. The van der Waals surface area contributed by atoms with Crippen LogP contribution in [-0.2, 0) is 14.8 Å². The summed E-state index contributed by atoms with van der Waals surface area (Å²) in [5.41, 5.74) is 2.79. The van der Waals surface area contributed by atoms with Crippen LogP contribution in [0, 0.1) is 20.8 Å². The van der Waals surface area contributed by atoms with E-state index in [0.29, 0.717) is 47.0 Å². The monoisotopic (exact) mass is 436 g/mol. The Morgan fingerprint density at radius 1 is 1.17 bits per heavy atom. The molecule has 2 aromatic rings. The first kappa shape index (κ1) is 21.6. The van der Waals surface area contributed by atoms with Gasteiger partial charge in [0.15, 0.2) is 0 Å². The predicted octanol–water partition coefficient (Wildman–Crippen LogP) is 4.07. The third kappa shape index (κ3) is 4.27. The number of carbonyl (C=O) groups excluding carboxylic acids is 1. The van der Waals surface area contributed by atoms with Crippen molar-refractivity contribution in [1.29, 1.82) is 0 Å². The zero-order chi connectivity index (χ0) is 21.3. The lowest BCUT2D eigenvalue weighted by Gasteiger charge is -2.25. The molecule has 29 heavy (non-hydrogen) atoms. The van der Waals surface area contributed by atoms with Crippen molar-refractivity contribution >= 4 is 33.2 Å². The molecule has 1 atom stereocenters. The number of hydrogen-bond donors (Lipinski definition) is 1. The van der Waals surface area contributed by atoms with Gasteiger partial charge in [-0.2, -0.15) is 4.31 Å². The van der Waals surface area contributed by atoms with Gasteiger partial charge < -0.3 is 10.1 Å². The maximum atomic E-state index is 13.4. The van der Waals surface area contributed by atoms with Crippen LogP contribution >= 0.6 is 11.6 Å². The van der Waals surface area contributed by atoms with Crippen molar-refractivity contribution in [1.82, 2.24) is 4.31 Å². The molecule has 0 aliphatic carbocycles. The van der Waals surface area contributed by atoms with Crippen LogP contribution in [-0.4, -0.2) is 38.3 Å². The lowest BCUT2D eigenvalue weighted by atomic mass is 10.1. The van der Waals surface area contributed by atoms with Crippen LogP contribution in [0.25, 0.3) is 0 Å². The second-order valence-electron chi connectivity index (χ2n) is 7.34. The largest absolute Gasteiger partial charge is 0.495 e. The number of anilines is 1. The Kier molecular flexibility index (Phi) is 6.22. The molecule has 0 saturated carbocycles. The van der Waals surface area contributed by atoms with E-state index in [4.69, 9.17) is 16.3 Å². The molecule has 1 heterocycles. The maximum Gasteiger partial charge on any atom is 0.244 e. The molecule has 1 saturated heterocycles. The Morgan fingerprint density at radius 3 is 2.45 bits per heavy atom. The summed E-state index contributed by atoms with van der Waals surface area (Å²) in [5, 5.41) is 3.23. The topological polar surface area (TPSA) is 75.7 Å². The molecule has 3 rings (SSSR count). The van der Waals surface area contributed by atoms with Gasteiger partial charge in [-0.05, 0) is 62.9 Å². The molecule has 1 aliphatic rings. The number of ether oxygens (including phenoxy) is 1. The van der Waals surface area contributed by atoms with Crippen molar-refractivity contribution in [2.75, 3.05) is 19.0 Å². The Bertz CT molecular complexity index is 1030. The Morgan fingerprint density at radius 2 is 1.83 bits per heavy atom. The number of nitrogens with zero attached hydrogens (tertiary/aromatic N) is 1. The van der Waals surface area contributed by atoms with Crippen molar-refractivity contribution in [2.45, 2.75) is 44.6 Å². The SMILES string of the molecule is COc1ccc(Cl)cc1NC(=O)C1CCCN1S(=O)(=O)c1c(C)cc(C)cc1C. The third-order valence-corrected chi connectivity index (χ3v) is 7.55. The standard InChI is InChI=1S/C21H25ClN2O4S/c1-13-10-14(2)20(15(3)11-13)29(26,27)24-9-5-6-18(24)21(25)23-17-12-16(22)7-8-19(17)28-4/h7-8,10-12,18H,5-6,9H2,1-4H3,(H,23,25). The molecule has 0 radical (unpaired) electrons. The summed E-state index contributed by atoms with van der Waals surface area (Å²) in [6, 6.07) is 7.80. The number of carbonyl (C=O) groups is 1. The maximum absolute atomic E-state index is 13.4. The molecule has 1 unspecified atom stereocenters. The number of hydrogen-bond acceptors (Lipinski definition) is 4. The van der Waals surface area contributed by atoms with Gasteiger partial charge >= 0.3 is 0 Å². The highest BCUT2D eigenvalue weighted by Gasteiger charge is 2.40. The van der Waals surface area contributed by atoms with Crippen molar-refractivity contribution in [3.8, 4) is 5.75 Å². The van der Waals surface area contributed by atoms with E-state index >= 15 is 0 Å². The molecular formula is C21H25ClN2O4S. The lowest BCUT2D eigenvalue weighted by molar-refractivity contribution is -0.119. The van der Waals surface area contributed by atoms with Gasteiger partial charge in [0.05, 0.1) is 17.7 Å². The summed E-state index contributed by atoms with van der Waals surface area (Å²) in [7, 11) is -2.32. The van der Waals surface area contributed by atoms with Gasteiger partial charge in [0.1, 0.15) is 11.8 Å². The fourth-order valence-corrected chi connectivity index (χ4v) is 6.22. The van der Waals surface area contributed by atoms with Gasteiger partial charge in [-0.3, -0.25) is 4.79 Å². The van der Waals surface area contributed by atoms with Crippen LogP contribution in [0.2, 0.25) is 5.02 Å². The second kappa shape index (κ2) is 8.34. The highest BCUT2D eigenvalue weighted by atomic mass is 35.5. The number of amides is 1. The summed E-state index contributed by atoms with van der Waals surface area (Å²) >= 11 is 6.03. The molecule has 1 aliphatic heterocycles. The normalized spacial score (nSPS) is 17.3. The van der Waals surface area contributed by atoms with Gasteiger partial charge in [0.25, 0.3) is 0 Å². The number of halogens is 1. The highest BCUT2D eigenvalue weighted by Crippen LogP contribution is 2.33. The minimum atomic E-state index is -3.81. The van der Waals surface area contributed by atoms with Crippen LogP contribution in [0.4, 0.5) is 5.69 Å². The Labute approximate surface area is 176 Å². The zero-order valence-electron chi connectivity index (χ0n) is 17.0. The van der Waals surface area contributed by atoms with E-state index in [0.717, 1.165) is 5.56 Å². The fourth-order valence-electron chi connectivity index (χ4n) is 3.97. The number of sulfonamides is 1. The van der Waals surface area contributed by atoms with Gasteiger partial charge in [-0.15, -0.1) is 0 Å². The van der Waals surface area contributed by atoms with Gasteiger partial charge in [-0.25, -0.2) is 8.42 Å².